The van der Waals surface area contributed by atoms with Crippen LogP contribution >= 0.6 is 0 Å². The zero-order chi connectivity index (χ0) is 13.9. The third kappa shape index (κ3) is 2.94. The summed E-state index contributed by atoms with van der Waals surface area (Å²) in [7, 11) is 0. The lowest BCUT2D eigenvalue weighted by molar-refractivity contribution is 0.137. The average molecular weight is 270 g/mol. The number of nitrogens with two attached hydrogens (primary N) is 1. The van der Waals surface area contributed by atoms with Crippen LogP contribution in [0.5, 0.6) is 0 Å². The van der Waals surface area contributed by atoms with E-state index in [0.717, 1.165) is 12.3 Å². The van der Waals surface area contributed by atoms with Gasteiger partial charge in [0.1, 0.15) is 5.76 Å². The molecule has 1 fully saturated rings. The molecule has 1 aliphatic rings. The highest BCUT2D eigenvalue weighted by molar-refractivity contribution is 5.17. The van der Waals surface area contributed by atoms with Gasteiger partial charge in [-0.1, -0.05) is 30.3 Å². The molecule has 0 spiro atoms. The number of hydrogen-bond donors (Lipinski definition) is 1. The highest BCUT2D eigenvalue weighted by atomic mass is 16.3. The van der Waals surface area contributed by atoms with Gasteiger partial charge in [0.25, 0.3) is 0 Å². The second-order valence-electron chi connectivity index (χ2n) is 5.71. The molecule has 0 saturated heterocycles. The van der Waals surface area contributed by atoms with E-state index >= 15 is 0 Å². The molecule has 2 N–H and O–H groups in total. The van der Waals surface area contributed by atoms with E-state index in [1.54, 1.807) is 6.26 Å². The van der Waals surface area contributed by atoms with Crippen molar-refractivity contribution in [2.24, 2.45) is 5.73 Å². The molecule has 2 atom stereocenters. The van der Waals surface area contributed by atoms with Crippen LogP contribution < -0.4 is 5.73 Å². The first-order valence-corrected chi connectivity index (χ1v) is 7.34. The van der Waals surface area contributed by atoms with Gasteiger partial charge in [-0.15, -0.1) is 0 Å². The Bertz CT molecular complexity index is 517. The van der Waals surface area contributed by atoms with Crippen molar-refractivity contribution >= 4 is 0 Å². The summed E-state index contributed by atoms with van der Waals surface area (Å²) in [5.41, 5.74) is 7.58. The van der Waals surface area contributed by atoms with E-state index < -0.39 is 0 Å². The maximum atomic E-state index is 6.25. The van der Waals surface area contributed by atoms with Crippen molar-refractivity contribution in [3.05, 3.63) is 60.1 Å². The molecule has 3 heteroatoms. The van der Waals surface area contributed by atoms with E-state index in [1.165, 1.54) is 18.4 Å². The molecule has 2 aromatic rings. The normalized spacial score (nSPS) is 18.1. The van der Waals surface area contributed by atoms with Gasteiger partial charge in [0.2, 0.25) is 0 Å². The molecule has 1 aromatic carbocycles. The average Bonchev–Trinajstić information content (AvgIpc) is 3.16. The summed E-state index contributed by atoms with van der Waals surface area (Å²) in [4.78, 5) is 2.50. The van der Waals surface area contributed by atoms with Crippen LogP contribution in [0.2, 0.25) is 0 Å². The predicted octanol–water partition coefficient (Wildman–Crippen LogP) is 3.33. The fourth-order valence-corrected chi connectivity index (χ4v) is 2.84. The highest BCUT2D eigenvalue weighted by Crippen LogP contribution is 2.37. The first kappa shape index (κ1) is 13.4. The second kappa shape index (κ2) is 5.81. The third-order valence-corrected chi connectivity index (χ3v) is 3.91. The zero-order valence-electron chi connectivity index (χ0n) is 11.9. The van der Waals surface area contributed by atoms with Crippen LogP contribution in [0.3, 0.4) is 0 Å². The molecule has 20 heavy (non-hydrogen) atoms. The van der Waals surface area contributed by atoms with Crippen molar-refractivity contribution in [1.29, 1.82) is 0 Å². The first-order chi connectivity index (χ1) is 9.75. The molecule has 1 saturated carbocycles. The van der Waals surface area contributed by atoms with Crippen LogP contribution in [-0.4, -0.2) is 17.0 Å². The molecule has 3 rings (SSSR count). The lowest BCUT2D eigenvalue weighted by Crippen LogP contribution is -2.40. The number of hydrogen-bond acceptors (Lipinski definition) is 3. The van der Waals surface area contributed by atoms with Gasteiger partial charge in [-0.25, -0.2) is 0 Å². The Hall–Kier alpha value is -1.58. The van der Waals surface area contributed by atoms with Gasteiger partial charge >= 0.3 is 0 Å². The Morgan fingerprint density at radius 1 is 1.20 bits per heavy atom. The Morgan fingerprint density at radius 3 is 2.50 bits per heavy atom. The maximum Gasteiger partial charge on any atom is 0.122 e. The number of benzene rings is 1. The topological polar surface area (TPSA) is 42.4 Å². The zero-order valence-corrected chi connectivity index (χ0v) is 11.9. The van der Waals surface area contributed by atoms with Crippen LogP contribution in [0.25, 0.3) is 0 Å². The number of rotatable bonds is 6. The standard InChI is InChI=1S/C17H22N2O/c1-13(18)17(16-8-5-11-20-16)19(15-9-10-15)12-14-6-3-2-4-7-14/h2-8,11,13,15,17H,9-10,12,18H2,1H3. The van der Waals surface area contributed by atoms with Gasteiger partial charge in [-0.2, -0.15) is 0 Å². The molecular formula is C17H22N2O. The number of nitrogens with zero attached hydrogens (tertiary/aromatic N) is 1. The molecule has 0 aliphatic heterocycles. The molecular weight excluding hydrogens is 248 g/mol. The van der Waals surface area contributed by atoms with E-state index in [0.29, 0.717) is 6.04 Å². The summed E-state index contributed by atoms with van der Waals surface area (Å²) >= 11 is 0. The summed E-state index contributed by atoms with van der Waals surface area (Å²) in [6.45, 7) is 2.99. The van der Waals surface area contributed by atoms with Crippen molar-refractivity contribution in [1.82, 2.24) is 4.90 Å². The molecule has 0 amide bonds. The summed E-state index contributed by atoms with van der Waals surface area (Å²) in [6.07, 6.45) is 4.26. The molecule has 0 bridgehead atoms. The Balaban J connectivity index is 1.85. The molecule has 2 unspecified atom stereocenters. The lowest BCUT2D eigenvalue weighted by Gasteiger charge is -2.33. The molecule has 3 nitrogen and oxygen atoms in total. The van der Waals surface area contributed by atoms with Crippen molar-refractivity contribution in [3.63, 3.8) is 0 Å². The first-order valence-electron chi connectivity index (χ1n) is 7.34. The van der Waals surface area contributed by atoms with Crippen LogP contribution in [0, 0.1) is 0 Å². The minimum absolute atomic E-state index is 0.0467. The van der Waals surface area contributed by atoms with Crippen molar-refractivity contribution in [2.75, 3.05) is 0 Å². The van der Waals surface area contributed by atoms with Crippen LogP contribution in [-0.2, 0) is 6.54 Å². The van der Waals surface area contributed by atoms with Gasteiger partial charge in [0.15, 0.2) is 0 Å². The quantitative estimate of drug-likeness (QED) is 0.875. The Labute approximate surface area is 120 Å². The monoisotopic (exact) mass is 270 g/mol. The van der Waals surface area contributed by atoms with Gasteiger partial charge < -0.3 is 10.2 Å². The maximum absolute atomic E-state index is 6.25. The van der Waals surface area contributed by atoms with Gasteiger partial charge in [-0.05, 0) is 37.5 Å². The van der Waals surface area contributed by atoms with E-state index in [4.69, 9.17) is 10.2 Å². The van der Waals surface area contributed by atoms with Crippen LogP contribution in [0.15, 0.2) is 53.1 Å². The molecule has 1 aliphatic carbocycles. The summed E-state index contributed by atoms with van der Waals surface area (Å²) < 4.78 is 5.63. The minimum atomic E-state index is 0.0467. The van der Waals surface area contributed by atoms with E-state index in [-0.39, 0.29) is 12.1 Å². The van der Waals surface area contributed by atoms with Gasteiger partial charge in [0, 0.05) is 18.6 Å². The second-order valence-corrected chi connectivity index (χ2v) is 5.71. The van der Waals surface area contributed by atoms with Crippen molar-refractivity contribution in [2.45, 2.75) is 44.4 Å². The fourth-order valence-electron chi connectivity index (χ4n) is 2.84. The third-order valence-electron chi connectivity index (χ3n) is 3.91. The van der Waals surface area contributed by atoms with Gasteiger partial charge in [0.05, 0.1) is 12.3 Å². The van der Waals surface area contributed by atoms with Crippen molar-refractivity contribution in [3.8, 4) is 0 Å². The molecule has 0 radical (unpaired) electrons. The summed E-state index contributed by atoms with van der Waals surface area (Å²) in [5.74, 6) is 0.975. The van der Waals surface area contributed by atoms with E-state index in [2.05, 4.69) is 42.2 Å². The SMILES string of the molecule is CC(N)C(c1ccco1)N(Cc1ccccc1)C1CC1. The fraction of sp³-hybridized carbons (Fsp3) is 0.412. The molecule has 106 valence electrons. The Morgan fingerprint density at radius 2 is 1.95 bits per heavy atom. The van der Waals surface area contributed by atoms with Crippen molar-refractivity contribution < 1.29 is 4.42 Å². The predicted molar refractivity (Wildman–Crippen MR) is 80.1 cm³/mol. The largest absolute Gasteiger partial charge is 0.468 e. The Kier molecular flexibility index (Phi) is 3.90. The van der Waals surface area contributed by atoms with E-state index in [1.807, 2.05) is 12.1 Å². The smallest absolute Gasteiger partial charge is 0.122 e. The highest BCUT2D eigenvalue weighted by Gasteiger charge is 2.37. The van der Waals surface area contributed by atoms with Crippen LogP contribution in [0.4, 0.5) is 0 Å². The van der Waals surface area contributed by atoms with Crippen LogP contribution in [0.1, 0.15) is 37.1 Å². The summed E-state index contributed by atoms with van der Waals surface area (Å²) in [5, 5.41) is 0. The van der Waals surface area contributed by atoms with E-state index in [9.17, 15) is 0 Å². The lowest BCUT2D eigenvalue weighted by atomic mass is 10.0. The minimum Gasteiger partial charge on any atom is -0.468 e. The van der Waals surface area contributed by atoms with Gasteiger partial charge in [-0.3, -0.25) is 4.90 Å². The molecule has 1 heterocycles. The molecule has 1 aromatic heterocycles. The summed E-state index contributed by atoms with van der Waals surface area (Å²) in [6, 6.07) is 15.4. The number of furan rings is 1.